The van der Waals surface area contributed by atoms with E-state index in [2.05, 4.69) is 6.92 Å². The van der Waals surface area contributed by atoms with Gasteiger partial charge in [-0.25, -0.2) is 0 Å². The maximum atomic E-state index is 11.8. The second kappa shape index (κ2) is 12.9. The second-order valence-electron chi connectivity index (χ2n) is 6.93. The SMILES string of the molecule is CCCCCCCCCCCCc1ccc(C(=O)CC(C)=O)cc1. The molecule has 0 aliphatic rings. The summed E-state index contributed by atoms with van der Waals surface area (Å²) in [5, 5.41) is 0. The van der Waals surface area contributed by atoms with Crippen molar-refractivity contribution in [2.24, 2.45) is 0 Å². The first-order valence-corrected chi connectivity index (χ1v) is 9.75. The average Bonchev–Trinajstić information content (AvgIpc) is 2.56. The smallest absolute Gasteiger partial charge is 0.170 e. The molecule has 0 aliphatic heterocycles. The van der Waals surface area contributed by atoms with E-state index in [1.165, 1.54) is 76.7 Å². The number of ketones is 2. The van der Waals surface area contributed by atoms with Crippen molar-refractivity contribution in [1.82, 2.24) is 0 Å². The molecular weight excluding hydrogens is 296 g/mol. The summed E-state index contributed by atoms with van der Waals surface area (Å²) in [4.78, 5) is 22.8. The van der Waals surface area contributed by atoms with E-state index in [1.54, 1.807) is 0 Å². The first kappa shape index (κ1) is 20.6. The lowest BCUT2D eigenvalue weighted by Gasteiger charge is -2.04. The molecule has 24 heavy (non-hydrogen) atoms. The summed E-state index contributed by atoms with van der Waals surface area (Å²) in [5.74, 6) is -0.151. The zero-order valence-corrected chi connectivity index (χ0v) is 15.6. The monoisotopic (exact) mass is 330 g/mol. The molecule has 1 aromatic carbocycles. The van der Waals surface area contributed by atoms with E-state index in [9.17, 15) is 9.59 Å². The molecule has 0 atom stereocenters. The molecule has 0 fully saturated rings. The van der Waals surface area contributed by atoms with Gasteiger partial charge in [0.15, 0.2) is 5.78 Å². The van der Waals surface area contributed by atoms with Gasteiger partial charge in [0.2, 0.25) is 0 Å². The van der Waals surface area contributed by atoms with E-state index in [0.717, 1.165) is 6.42 Å². The quantitative estimate of drug-likeness (QED) is 0.227. The van der Waals surface area contributed by atoms with Crippen molar-refractivity contribution in [2.45, 2.75) is 90.9 Å². The Morgan fingerprint density at radius 2 is 1.25 bits per heavy atom. The molecule has 0 radical (unpaired) electrons. The molecule has 0 unspecified atom stereocenters. The Morgan fingerprint density at radius 3 is 1.75 bits per heavy atom. The number of hydrogen-bond donors (Lipinski definition) is 0. The predicted molar refractivity (Wildman–Crippen MR) is 102 cm³/mol. The third-order valence-corrected chi connectivity index (χ3v) is 4.50. The minimum atomic E-state index is -0.0759. The first-order chi connectivity index (χ1) is 11.6. The second-order valence-corrected chi connectivity index (χ2v) is 6.93. The van der Waals surface area contributed by atoms with E-state index >= 15 is 0 Å². The van der Waals surface area contributed by atoms with Gasteiger partial charge in [-0.15, -0.1) is 0 Å². The number of carbonyl (C=O) groups excluding carboxylic acids is 2. The normalized spacial score (nSPS) is 10.8. The van der Waals surface area contributed by atoms with Crippen LogP contribution >= 0.6 is 0 Å². The molecule has 2 nitrogen and oxygen atoms in total. The molecule has 0 aliphatic carbocycles. The van der Waals surface area contributed by atoms with Crippen molar-refractivity contribution in [3.8, 4) is 0 Å². The van der Waals surface area contributed by atoms with Crippen LogP contribution in [0.2, 0.25) is 0 Å². The topological polar surface area (TPSA) is 34.1 Å². The van der Waals surface area contributed by atoms with Crippen LogP contribution < -0.4 is 0 Å². The molecule has 2 heteroatoms. The standard InChI is InChI=1S/C22H34O2/c1-3-4-5-6-7-8-9-10-11-12-13-20-14-16-21(17-15-20)22(24)18-19(2)23/h14-17H,3-13,18H2,1-2H3. The molecule has 0 spiro atoms. The van der Waals surface area contributed by atoms with Crippen molar-refractivity contribution in [3.05, 3.63) is 35.4 Å². The van der Waals surface area contributed by atoms with Crippen LogP contribution in [0.3, 0.4) is 0 Å². The van der Waals surface area contributed by atoms with Crippen molar-refractivity contribution in [2.75, 3.05) is 0 Å². The van der Waals surface area contributed by atoms with Crippen molar-refractivity contribution < 1.29 is 9.59 Å². The van der Waals surface area contributed by atoms with Gasteiger partial charge in [-0.2, -0.15) is 0 Å². The number of benzene rings is 1. The Kier molecular flexibility index (Phi) is 11.1. The zero-order chi connectivity index (χ0) is 17.6. The van der Waals surface area contributed by atoms with Crippen LogP contribution in [-0.4, -0.2) is 11.6 Å². The third-order valence-electron chi connectivity index (χ3n) is 4.50. The molecular formula is C22H34O2. The highest BCUT2D eigenvalue weighted by Crippen LogP contribution is 2.13. The Morgan fingerprint density at radius 1 is 0.750 bits per heavy atom. The molecule has 1 rings (SSSR count). The summed E-state index contributed by atoms with van der Waals surface area (Å²) in [7, 11) is 0. The molecule has 0 saturated heterocycles. The summed E-state index contributed by atoms with van der Waals surface area (Å²) >= 11 is 0. The number of aryl methyl sites for hydroxylation is 1. The van der Waals surface area contributed by atoms with E-state index in [1.807, 2.05) is 24.3 Å². The highest BCUT2D eigenvalue weighted by atomic mass is 16.1. The van der Waals surface area contributed by atoms with Gasteiger partial charge in [0.1, 0.15) is 5.78 Å². The summed E-state index contributed by atoms with van der Waals surface area (Å²) in [6.45, 7) is 3.72. The first-order valence-electron chi connectivity index (χ1n) is 9.75. The van der Waals surface area contributed by atoms with Gasteiger partial charge in [-0.3, -0.25) is 9.59 Å². The molecule has 0 bridgehead atoms. The maximum Gasteiger partial charge on any atom is 0.170 e. The third kappa shape index (κ3) is 9.64. The Labute approximate surface area is 148 Å². The van der Waals surface area contributed by atoms with Gasteiger partial charge in [-0.1, -0.05) is 89.0 Å². The van der Waals surface area contributed by atoms with E-state index in [0.29, 0.717) is 5.56 Å². The lowest BCUT2D eigenvalue weighted by Crippen LogP contribution is -2.04. The molecule has 0 amide bonds. The van der Waals surface area contributed by atoms with Crippen LogP contribution in [0.5, 0.6) is 0 Å². The fourth-order valence-corrected chi connectivity index (χ4v) is 3.00. The molecule has 1 aromatic rings. The van der Waals surface area contributed by atoms with Crippen LogP contribution in [-0.2, 0) is 11.2 Å². The number of rotatable bonds is 14. The minimum absolute atomic E-state index is 0.0117. The number of carbonyl (C=O) groups is 2. The lowest BCUT2D eigenvalue weighted by molar-refractivity contribution is -0.116. The lowest BCUT2D eigenvalue weighted by atomic mass is 10.0. The number of hydrogen-bond acceptors (Lipinski definition) is 2. The molecule has 134 valence electrons. The fourth-order valence-electron chi connectivity index (χ4n) is 3.00. The molecule has 0 N–H and O–H groups in total. The van der Waals surface area contributed by atoms with Crippen LogP contribution in [0.4, 0.5) is 0 Å². The van der Waals surface area contributed by atoms with Crippen LogP contribution in [0.15, 0.2) is 24.3 Å². The number of unbranched alkanes of at least 4 members (excludes halogenated alkanes) is 9. The molecule has 0 saturated carbocycles. The van der Waals surface area contributed by atoms with Crippen LogP contribution in [0.1, 0.15) is 100 Å². The van der Waals surface area contributed by atoms with Crippen LogP contribution in [0, 0.1) is 0 Å². The van der Waals surface area contributed by atoms with Crippen molar-refractivity contribution in [1.29, 1.82) is 0 Å². The van der Waals surface area contributed by atoms with Gasteiger partial charge in [-0.05, 0) is 25.3 Å². The Balaban J connectivity index is 2.09. The highest BCUT2D eigenvalue weighted by molar-refractivity contribution is 6.07. The number of Topliss-reactive ketones (excluding diaryl/α,β-unsaturated/α-hetero) is 2. The Bertz CT molecular complexity index is 473. The minimum Gasteiger partial charge on any atom is -0.300 e. The van der Waals surface area contributed by atoms with Gasteiger partial charge >= 0.3 is 0 Å². The predicted octanol–water partition coefficient (Wildman–Crippen LogP) is 6.31. The van der Waals surface area contributed by atoms with Gasteiger partial charge < -0.3 is 0 Å². The van der Waals surface area contributed by atoms with Gasteiger partial charge in [0.05, 0.1) is 6.42 Å². The fraction of sp³-hybridized carbons (Fsp3) is 0.636. The van der Waals surface area contributed by atoms with E-state index in [4.69, 9.17) is 0 Å². The molecule has 0 aromatic heterocycles. The summed E-state index contributed by atoms with van der Waals surface area (Å²) in [5.41, 5.74) is 1.94. The summed E-state index contributed by atoms with van der Waals surface area (Å²) < 4.78 is 0. The summed E-state index contributed by atoms with van der Waals surface area (Å²) in [6.07, 6.45) is 14.6. The molecule has 0 heterocycles. The van der Waals surface area contributed by atoms with Crippen LogP contribution in [0.25, 0.3) is 0 Å². The Hall–Kier alpha value is -1.44. The zero-order valence-electron chi connectivity index (χ0n) is 15.6. The average molecular weight is 331 g/mol. The van der Waals surface area contributed by atoms with Crippen molar-refractivity contribution in [3.63, 3.8) is 0 Å². The largest absolute Gasteiger partial charge is 0.300 e. The maximum absolute atomic E-state index is 11.8. The highest BCUT2D eigenvalue weighted by Gasteiger charge is 2.08. The van der Waals surface area contributed by atoms with E-state index in [-0.39, 0.29) is 18.0 Å². The van der Waals surface area contributed by atoms with Crippen molar-refractivity contribution >= 4 is 11.6 Å². The van der Waals surface area contributed by atoms with Gasteiger partial charge in [0.25, 0.3) is 0 Å². The van der Waals surface area contributed by atoms with E-state index < -0.39 is 0 Å². The summed E-state index contributed by atoms with van der Waals surface area (Å²) in [6, 6.07) is 7.77. The van der Waals surface area contributed by atoms with Gasteiger partial charge in [0, 0.05) is 5.56 Å².